The number of rotatable bonds is 5. The molecular formula is C25H28N6. The molecule has 0 aliphatic heterocycles. The zero-order valence-corrected chi connectivity index (χ0v) is 17.8. The van der Waals surface area contributed by atoms with Gasteiger partial charge in [-0.25, -0.2) is 4.98 Å². The van der Waals surface area contributed by atoms with E-state index in [-0.39, 0.29) is 12.1 Å². The van der Waals surface area contributed by atoms with Crippen LogP contribution in [0.2, 0.25) is 0 Å². The van der Waals surface area contributed by atoms with Crippen molar-refractivity contribution in [2.45, 2.75) is 44.8 Å². The van der Waals surface area contributed by atoms with Crippen molar-refractivity contribution in [1.29, 1.82) is 0 Å². The van der Waals surface area contributed by atoms with Crippen LogP contribution >= 0.6 is 0 Å². The van der Waals surface area contributed by atoms with Gasteiger partial charge in [-0.2, -0.15) is 0 Å². The summed E-state index contributed by atoms with van der Waals surface area (Å²) in [5, 5.41) is 0. The SMILES string of the molecule is CC(c1c(N)cccc1N)N(Cc1nc2ccccc2[nH]1)C1CCCc2cccnc21. The summed E-state index contributed by atoms with van der Waals surface area (Å²) in [6.45, 7) is 2.84. The predicted molar refractivity (Wildman–Crippen MR) is 125 cm³/mol. The minimum atomic E-state index is 0.00682. The number of aryl methyl sites for hydroxylation is 1. The molecule has 0 spiro atoms. The normalized spacial score (nSPS) is 17.0. The molecule has 0 radical (unpaired) electrons. The van der Waals surface area contributed by atoms with Gasteiger partial charge in [-0.3, -0.25) is 9.88 Å². The summed E-state index contributed by atoms with van der Waals surface area (Å²) in [5.74, 6) is 0.934. The van der Waals surface area contributed by atoms with E-state index >= 15 is 0 Å². The number of hydrogen-bond acceptors (Lipinski definition) is 5. The lowest BCUT2D eigenvalue weighted by molar-refractivity contribution is 0.114. The summed E-state index contributed by atoms with van der Waals surface area (Å²) in [6.07, 6.45) is 5.14. The van der Waals surface area contributed by atoms with Crippen LogP contribution in [0.3, 0.4) is 0 Å². The number of H-pyrrole nitrogens is 1. The second-order valence-corrected chi connectivity index (χ2v) is 8.35. The Balaban J connectivity index is 1.58. The second-order valence-electron chi connectivity index (χ2n) is 8.35. The first kappa shape index (κ1) is 19.6. The number of hydrogen-bond donors (Lipinski definition) is 3. The molecule has 2 heterocycles. The van der Waals surface area contributed by atoms with Gasteiger partial charge < -0.3 is 16.5 Å². The molecule has 4 aromatic rings. The van der Waals surface area contributed by atoms with Crippen LogP contribution in [0.15, 0.2) is 60.8 Å². The Morgan fingerprint density at radius 1 is 1.06 bits per heavy atom. The maximum Gasteiger partial charge on any atom is 0.121 e. The second kappa shape index (κ2) is 8.04. The van der Waals surface area contributed by atoms with Crippen LogP contribution in [-0.4, -0.2) is 19.9 Å². The Kier molecular flexibility index (Phi) is 5.08. The Morgan fingerprint density at radius 3 is 2.68 bits per heavy atom. The van der Waals surface area contributed by atoms with E-state index in [1.54, 1.807) is 0 Å². The Bertz CT molecular complexity index is 1160. The maximum atomic E-state index is 6.39. The molecule has 2 unspecified atom stereocenters. The number of aromatic nitrogens is 3. The van der Waals surface area contributed by atoms with Crippen LogP contribution in [0.5, 0.6) is 0 Å². The molecule has 0 fully saturated rings. The number of nitrogen functional groups attached to an aromatic ring is 2. The van der Waals surface area contributed by atoms with Gasteiger partial charge in [0.05, 0.1) is 29.3 Å². The zero-order chi connectivity index (χ0) is 21.4. The fourth-order valence-corrected chi connectivity index (χ4v) is 4.93. The van der Waals surface area contributed by atoms with Crippen LogP contribution in [0.25, 0.3) is 11.0 Å². The fourth-order valence-electron chi connectivity index (χ4n) is 4.93. The highest BCUT2D eigenvalue weighted by Crippen LogP contribution is 2.41. The summed E-state index contributed by atoms with van der Waals surface area (Å²) >= 11 is 0. The lowest BCUT2D eigenvalue weighted by atomic mass is 9.89. The minimum absolute atomic E-state index is 0.00682. The van der Waals surface area contributed by atoms with Crippen molar-refractivity contribution < 1.29 is 0 Å². The molecule has 5 rings (SSSR count). The number of para-hydroxylation sites is 2. The van der Waals surface area contributed by atoms with Gasteiger partial charge in [0.15, 0.2) is 0 Å². The van der Waals surface area contributed by atoms with Crippen molar-refractivity contribution in [3.63, 3.8) is 0 Å². The largest absolute Gasteiger partial charge is 0.398 e. The minimum Gasteiger partial charge on any atom is -0.398 e. The van der Waals surface area contributed by atoms with E-state index in [4.69, 9.17) is 21.4 Å². The molecule has 158 valence electrons. The summed E-state index contributed by atoms with van der Waals surface area (Å²) in [6, 6.07) is 18.3. The number of nitrogens with two attached hydrogens (primary N) is 2. The molecule has 6 heteroatoms. The number of nitrogens with zero attached hydrogens (tertiary/aromatic N) is 3. The highest BCUT2D eigenvalue weighted by Gasteiger charge is 2.32. The molecule has 2 aromatic carbocycles. The lowest BCUT2D eigenvalue weighted by Gasteiger charge is -2.39. The van der Waals surface area contributed by atoms with Crippen LogP contribution in [-0.2, 0) is 13.0 Å². The molecule has 1 aliphatic rings. The quantitative estimate of drug-likeness (QED) is 0.411. The topological polar surface area (TPSA) is 96.9 Å². The van der Waals surface area contributed by atoms with Crippen molar-refractivity contribution in [1.82, 2.24) is 19.9 Å². The number of pyridine rings is 1. The highest BCUT2D eigenvalue weighted by atomic mass is 15.2. The summed E-state index contributed by atoms with van der Waals surface area (Å²) in [7, 11) is 0. The van der Waals surface area contributed by atoms with Crippen molar-refractivity contribution in [2.75, 3.05) is 11.5 Å². The summed E-state index contributed by atoms with van der Waals surface area (Å²) in [5.41, 5.74) is 19.7. The molecule has 31 heavy (non-hydrogen) atoms. The highest BCUT2D eigenvalue weighted by molar-refractivity contribution is 5.74. The Morgan fingerprint density at radius 2 is 1.87 bits per heavy atom. The third-order valence-electron chi connectivity index (χ3n) is 6.43. The van der Waals surface area contributed by atoms with Gasteiger partial charge in [-0.1, -0.05) is 24.3 Å². The van der Waals surface area contributed by atoms with Gasteiger partial charge in [0, 0.05) is 29.2 Å². The van der Waals surface area contributed by atoms with Gasteiger partial charge in [0.1, 0.15) is 5.82 Å². The first-order valence-corrected chi connectivity index (χ1v) is 10.9. The standard InChI is InChI=1S/C25H28N6/c1-16(24-18(26)9-5-10-19(24)27)31(15-23-29-20-11-2-3-12-21(20)30-23)22-13-4-7-17-8-6-14-28-25(17)22/h2-3,5-6,8-12,14,16,22H,4,7,13,15,26-27H2,1H3,(H,29,30). The molecule has 1 aliphatic carbocycles. The van der Waals surface area contributed by atoms with E-state index in [9.17, 15) is 0 Å². The number of benzene rings is 2. The van der Waals surface area contributed by atoms with Gasteiger partial charge in [-0.05, 0) is 62.1 Å². The van der Waals surface area contributed by atoms with E-state index in [0.717, 1.165) is 58.8 Å². The zero-order valence-electron chi connectivity index (χ0n) is 17.8. The van der Waals surface area contributed by atoms with E-state index in [2.05, 4.69) is 28.9 Å². The third kappa shape index (κ3) is 3.64. The monoisotopic (exact) mass is 412 g/mol. The molecule has 2 aromatic heterocycles. The number of aromatic amines is 1. The van der Waals surface area contributed by atoms with Gasteiger partial charge in [-0.15, -0.1) is 0 Å². The van der Waals surface area contributed by atoms with Gasteiger partial charge >= 0.3 is 0 Å². The van der Waals surface area contributed by atoms with Gasteiger partial charge in [0.2, 0.25) is 0 Å². The third-order valence-corrected chi connectivity index (χ3v) is 6.43. The number of imidazole rings is 1. The van der Waals surface area contributed by atoms with E-state index in [0.29, 0.717) is 6.54 Å². The average Bonchev–Trinajstić information content (AvgIpc) is 3.19. The molecular weight excluding hydrogens is 384 g/mol. The maximum absolute atomic E-state index is 6.39. The first-order valence-electron chi connectivity index (χ1n) is 10.9. The van der Waals surface area contributed by atoms with Crippen molar-refractivity contribution in [3.8, 4) is 0 Å². The molecule has 0 saturated heterocycles. The number of nitrogens with one attached hydrogen (secondary N) is 1. The van der Waals surface area contributed by atoms with Crippen molar-refractivity contribution >= 4 is 22.4 Å². The fraction of sp³-hybridized carbons (Fsp3) is 0.280. The van der Waals surface area contributed by atoms with Crippen LogP contribution in [0.4, 0.5) is 11.4 Å². The van der Waals surface area contributed by atoms with Crippen LogP contribution in [0.1, 0.15) is 54.5 Å². The Labute approximate surface area is 182 Å². The van der Waals surface area contributed by atoms with E-state index in [1.165, 1.54) is 5.56 Å². The van der Waals surface area contributed by atoms with Crippen LogP contribution in [0, 0.1) is 0 Å². The molecule has 0 amide bonds. The Hall–Kier alpha value is -3.38. The molecule has 2 atom stereocenters. The lowest BCUT2D eigenvalue weighted by Crippen LogP contribution is -2.35. The smallest absolute Gasteiger partial charge is 0.121 e. The molecule has 0 bridgehead atoms. The molecule has 5 N–H and O–H groups in total. The molecule has 0 saturated carbocycles. The average molecular weight is 413 g/mol. The number of fused-ring (bicyclic) bond motifs is 2. The first-order chi connectivity index (χ1) is 15.1. The number of anilines is 2. The summed E-state index contributed by atoms with van der Waals surface area (Å²) < 4.78 is 0. The van der Waals surface area contributed by atoms with Gasteiger partial charge in [0.25, 0.3) is 0 Å². The summed E-state index contributed by atoms with van der Waals surface area (Å²) in [4.78, 5) is 15.6. The van der Waals surface area contributed by atoms with E-state index in [1.807, 2.05) is 48.7 Å². The van der Waals surface area contributed by atoms with Crippen molar-refractivity contribution in [3.05, 3.63) is 83.4 Å². The predicted octanol–water partition coefficient (Wildman–Crippen LogP) is 4.76. The van der Waals surface area contributed by atoms with E-state index < -0.39 is 0 Å². The van der Waals surface area contributed by atoms with Crippen LogP contribution < -0.4 is 11.5 Å². The molecule has 6 nitrogen and oxygen atoms in total. The van der Waals surface area contributed by atoms with Crippen molar-refractivity contribution in [2.24, 2.45) is 0 Å².